The predicted octanol–water partition coefficient (Wildman–Crippen LogP) is 2.83. The Balaban J connectivity index is 0.00000441. The highest BCUT2D eigenvalue weighted by molar-refractivity contribution is 9.10. The summed E-state index contributed by atoms with van der Waals surface area (Å²) >= 11 is 3.32. The van der Waals surface area contributed by atoms with Crippen LogP contribution in [-0.2, 0) is 9.59 Å². The summed E-state index contributed by atoms with van der Waals surface area (Å²) in [6.07, 6.45) is 4.33. The minimum atomic E-state index is -0.228. The van der Waals surface area contributed by atoms with Crippen LogP contribution in [0.4, 0.5) is 5.69 Å². The van der Waals surface area contributed by atoms with Gasteiger partial charge in [0, 0.05) is 16.6 Å². The number of carbonyl (C=O) groups is 2. The normalized spacial score (nSPS) is 9.73. The van der Waals surface area contributed by atoms with Gasteiger partial charge in [-0.05, 0) is 43.7 Å². The van der Waals surface area contributed by atoms with Gasteiger partial charge < -0.3 is 16.4 Å². The number of anilines is 1. The van der Waals surface area contributed by atoms with E-state index >= 15 is 0 Å². The quantitative estimate of drug-likeness (QED) is 0.565. The maximum Gasteiger partial charge on any atom is 0.243 e. The fourth-order valence-electron chi connectivity index (χ4n) is 1.79. The van der Waals surface area contributed by atoms with E-state index in [1.807, 2.05) is 12.1 Å². The van der Waals surface area contributed by atoms with Crippen molar-refractivity contribution in [3.05, 3.63) is 28.7 Å². The van der Waals surface area contributed by atoms with Gasteiger partial charge in [0.1, 0.15) is 0 Å². The molecule has 0 saturated heterocycles. The minimum absolute atomic E-state index is 0. The first-order chi connectivity index (χ1) is 10.1. The van der Waals surface area contributed by atoms with Crippen LogP contribution in [-0.4, -0.2) is 24.9 Å². The van der Waals surface area contributed by atoms with Crippen molar-refractivity contribution in [1.29, 1.82) is 0 Å². The molecule has 0 fully saturated rings. The summed E-state index contributed by atoms with van der Waals surface area (Å²) in [6.45, 7) is 0.695. The molecule has 0 unspecified atom stereocenters. The van der Waals surface area contributed by atoms with Crippen LogP contribution < -0.4 is 16.4 Å². The highest BCUT2D eigenvalue weighted by Crippen LogP contribution is 2.13. The Hall–Kier alpha value is -1.11. The van der Waals surface area contributed by atoms with E-state index in [1.54, 1.807) is 12.1 Å². The van der Waals surface area contributed by atoms with Gasteiger partial charge in [-0.2, -0.15) is 0 Å². The number of hydrogen-bond acceptors (Lipinski definition) is 3. The Morgan fingerprint density at radius 2 is 1.64 bits per heavy atom. The lowest BCUT2D eigenvalue weighted by atomic mass is 10.1. The van der Waals surface area contributed by atoms with Gasteiger partial charge in [0.05, 0.1) is 6.54 Å². The Bertz CT molecular complexity index is 455. The summed E-state index contributed by atoms with van der Waals surface area (Å²) in [7, 11) is 0. The molecule has 0 aromatic heterocycles. The zero-order chi connectivity index (χ0) is 15.5. The number of rotatable bonds is 9. The highest BCUT2D eigenvalue weighted by Gasteiger charge is 2.05. The van der Waals surface area contributed by atoms with E-state index in [9.17, 15) is 9.59 Å². The second kappa shape index (κ2) is 12.4. The third-order valence-corrected chi connectivity index (χ3v) is 3.46. The molecule has 4 N–H and O–H groups in total. The maximum absolute atomic E-state index is 11.7. The van der Waals surface area contributed by atoms with E-state index in [4.69, 9.17) is 5.73 Å². The summed E-state index contributed by atoms with van der Waals surface area (Å²) in [5.74, 6) is -0.317. The smallest absolute Gasteiger partial charge is 0.243 e. The molecule has 0 heterocycles. The van der Waals surface area contributed by atoms with E-state index in [1.165, 1.54) is 0 Å². The first-order valence-electron chi connectivity index (χ1n) is 7.14. The number of halogens is 2. The van der Waals surface area contributed by atoms with E-state index in [0.717, 1.165) is 30.2 Å². The molecule has 2 amide bonds. The van der Waals surface area contributed by atoms with Crippen LogP contribution >= 0.6 is 28.3 Å². The van der Waals surface area contributed by atoms with E-state index in [2.05, 4.69) is 26.6 Å². The molecule has 0 spiro atoms. The first kappa shape index (κ1) is 20.9. The van der Waals surface area contributed by atoms with E-state index < -0.39 is 0 Å². The molecular formula is C15H23BrClN3O2. The number of amides is 2. The maximum atomic E-state index is 11.7. The molecule has 7 heteroatoms. The van der Waals surface area contributed by atoms with Crippen LogP contribution in [0.25, 0.3) is 0 Å². The van der Waals surface area contributed by atoms with Crippen LogP contribution in [0.15, 0.2) is 28.7 Å². The van der Waals surface area contributed by atoms with Crippen LogP contribution in [0.2, 0.25) is 0 Å². The van der Waals surface area contributed by atoms with Crippen molar-refractivity contribution < 1.29 is 9.59 Å². The second-order valence-corrected chi connectivity index (χ2v) is 5.70. The predicted molar refractivity (Wildman–Crippen MR) is 95.2 cm³/mol. The van der Waals surface area contributed by atoms with Gasteiger partial charge in [0.2, 0.25) is 11.8 Å². The molecular weight excluding hydrogens is 370 g/mol. The molecule has 0 aliphatic heterocycles. The van der Waals surface area contributed by atoms with Crippen molar-refractivity contribution in [3.8, 4) is 0 Å². The van der Waals surface area contributed by atoms with Crippen LogP contribution in [0, 0.1) is 0 Å². The zero-order valence-corrected chi connectivity index (χ0v) is 14.8. The molecule has 0 bridgehead atoms. The van der Waals surface area contributed by atoms with Crippen LogP contribution in [0.5, 0.6) is 0 Å². The Morgan fingerprint density at radius 3 is 2.27 bits per heavy atom. The van der Waals surface area contributed by atoms with Crippen molar-refractivity contribution in [2.24, 2.45) is 5.73 Å². The molecule has 22 heavy (non-hydrogen) atoms. The lowest BCUT2D eigenvalue weighted by molar-refractivity contribution is -0.124. The number of unbranched alkanes of at least 4 members (excludes halogenated alkanes) is 3. The first-order valence-corrected chi connectivity index (χ1v) is 7.93. The third kappa shape index (κ3) is 9.76. The molecule has 0 saturated carbocycles. The van der Waals surface area contributed by atoms with Crippen molar-refractivity contribution in [3.63, 3.8) is 0 Å². The van der Waals surface area contributed by atoms with Gasteiger partial charge in [-0.1, -0.05) is 28.8 Å². The molecule has 1 aromatic carbocycles. The third-order valence-electron chi connectivity index (χ3n) is 2.93. The zero-order valence-electron chi connectivity index (χ0n) is 12.4. The molecule has 5 nitrogen and oxygen atoms in total. The van der Waals surface area contributed by atoms with Crippen molar-refractivity contribution in [2.45, 2.75) is 32.1 Å². The summed E-state index contributed by atoms with van der Waals surface area (Å²) in [6, 6.07) is 7.27. The summed E-state index contributed by atoms with van der Waals surface area (Å²) in [5.41, 5.74) is 6.10. The minimum Gasteiger partial charge on any atom is -0.347 e. The Labute approximate surface area is 145 Å². The van der Waals surface area contributed by atoms with E-state index in [0.29, 0.717) is 18.7 Å². The molecule has 1 rings (SSSR count). The number of benzene rings is 1. The van der Waals surface area contributed by atoms with Gasteiger partial charge >= 0.3 is 0 Å². The molecule has 0 atom stereocenters. The van der Waals surface area contributed by atoms with Crippen LogP contribution in [0.1, 0.15) is 32.1 Å². The summed E-state index contributed by atoms with van der Waals surface area (Å²) in [4.78, 5) is 23.2. The van der Waals surface area contributed by atoms with Crippen molar-refractivity contribution in [2.75, 3.05) is 18.4 Å². The van der Waals surface area contributed by atoms with Crippen molar-refractivity contribution >= 4 is 45.8 Å². The molecule has 0 radical (unpaired) electrons. The van der Waals surface area contributed by atoms with Crippen molar-refractivity contribution in [1.82, 2.24) is 5.32 Å². The van der Waals surface area contributed by atoms with Gasteiger partial charge in [-0.25, -0.2) is 0 Å². The fourth-order valence-corrected chi connectivity index (χ4v) is 2.05. The lowest BCUT2D eigenvalue weighted by Crippen LogP contribution is -2.32. The highest BCUT2D eigenvalue weighted by atomic mass is 79.9. The van der Waals surface area contributed by atoms with Crippen LogP contribution in [0.3, 0.4) is 0 Å². The molecule has 0 aliphatic carbocycles. The fraction of sp³-hybridized carbons (Fsp3) is 0.467. The number of nitrogens with one attached hydrogen (secondary N) is 2. The topological polar surface area (TPSA) is 84.2 Å². The second-order valence-electron chi connectivity index (χ2n) is 4.78. The van der Waals surface area contributed by atoms with Gasteiger partial charge in [0.25, 0.3) is 0 Å². The molecule has 0 aliphatic rings. The van der Waals surface area contributed by atoms with E-state index in [-0.39, 0.29) is 30.8 Å². The standard InChI is InChI=1S/C15H22BrN3O2.ClH/c16-12-6-8-13(9-7-12)19-15(21)11-18-14(20)5-3-1-2-4-10-17;/h6-9H,1-5,10-11,17H2,(H,18,20)(H,19,21);1H. The number of carbonyl (C=O) groups excluding carboxylic acids is 2. The Kier molecular flexibility index (Phi) is 11.8. The number of hydrogen-bond donors (Lipinski definition) is 3. The average molecular weight is 393 g/mol. The Morgan fingerprint density at radius 1 is 1.00 bits per heavy atom. The molecule has 124 valence electrons. The average Bonchev–Trinajstić information content (AvgIpc) is 2.47. The SMILES string of the molecule is Cl.NCCCCCCC(=O)NCC(=O)Nc1ccc(Br)cc1. The summed E-state index contributed by atoms with van der Waals surface area (Å²) < 4.78 is 0.948. The monoisotopic (exact) mass is 391 g/mol. The molecule has 1 aromatic rings. The van der Waals surface area contributed by atoms with Gasteiger partial charge in [0.15, 0.2) is 0 Å². The van der Waals surface area contributed by atoms with Gasteiger partial charge in [-0.3, -0.25) is 9.59 Å². The lowest BCUT2D eigenvalue weighted by Gasteiger charge is -2.07. The van der Waals surface area contributed by atoms with Gasteiger partial charge in [-0.15, -0.1) is 12.4 Å². The number of nitrogens with two attached hydrogens (primary N) is 1. The largest absolute Gasteiger partial charge is 0.347 e. The summed E-state index contributed by atoms with van der Waals surface area (Å²) in [5, 5.41) is 5.34.